The Morgan fingerprint density at radius 3 is 1.88 bits per heavy atom. The quantitative estimate of drug-likeness (QED) is 0.157. The molecule has 0 spiro atoms. The molecule has 10 aromatic carbocycles. The molecule has 276 valence electrons. The molecule has 0 aliphatic rings. The fourth-order valence-electron chi connectivity index (χ4n) is 9.13. The Balaban J connectivity index is 1.11. The van der Waals surface area contributed by atoms with Gasteiger partial charge in [-0.05, 0) is 116 Å². The van der Waals surface area contributed by atoms with Gasteiger partial charge in [-0.1, -0.05) is 152 Å². The molecule has 2 aromatic heterocycles. The van der Waals surface area contributed by atoms with Crippen LogP contribution < -0.4 is 4.90 Å². The SMILES string of the molecule is c1ccc(-c2cc(-c3cccc4sc5ccccc5c34)cc(N(c3ccc(-c4cc5ccccc5c5ccccc45)cc3)c3cccc4c3oc3ccccc34)c2)cc1. The average Bonchev–Trinajstić information content (AvgIpc) is 3.89. The third-order valence-electron chi connectivity index (χ3n) is 11.8. The Morgan fingerprint density at radius 1 is 0.356 bits per heavy atom. The second kappa shape index (κ2) is 13.6. The van der Waals surface area contributed by atoms with Gasteiger partial charge >= 0.3 is 0 Å². The van der Waals surface area contributed by atoms with E-state index in [1.54, 1.807) is 0 Å². The molecule has 3 heteroatoms. The zero-order valence-electron chi connectivity index (χ0n) is 32.0. The number of para-hydroxylation sites is 2. The van der Waals surface area contributed by atoms with E-state index in [-0.39, 0.29) is 0 Å². The van der Waals surface area contributed by atoms with Crippen LogP contribution in [-0.4, -0.2) is 0 Å². The standard InChI is InChI=1S/C56H35NOS/c1-2-14-36(15-3-1)39-32-40(44-22-13-27-54-55(44)49-21-9-11-26-53(49)59-54)34-42(33-39)57(51-24-12-23-48-47-20-8-10-25-52(47)58-56(48)51)41-30-28-37(29-31-41)50-35-38-16-4-5-17-43(38)45-18-6-7-19-46(45)50/h1-35H. The van der Waals surface area contributed by atoms with E-state index in [4.69, 9.17) is 4.42 Å². The van der Waals surface area contributed by atoms with E-state index in [1.807, 2.05) is 17.4 Å². The van der Waals surface area contributed by atoms with Crippen LogP contribution in [0.2, 0.25) is 0 Å². The number of benzene rings is 10. The summed E-state index contributed by atoms with van der Waals surface area (Å²) in [7, 11) is 0. The van der Waals surface area contributed by atoms with Crippen molar-refractivity contribution in [1.82, 2.24) is 0 Å². The van der Waals surface area contributed by atoms with Gasteiger partial charge in [-0.25, -0.2) is 0 Å². The number of nitrogens with zero attached hydrogens (tertiary/aromatic N) is 1. The molecule has 0 fully saturated rings. The van der Waals surface area contributed by atoms with Gasteiger partial charge in [-0.2, -0.15) is 0 Å². The van der Waals surface area contributed by atoms with Gasteiger partial charge in [-0.3, -0.25) is 0 Å². The van der Waals surface area contributed by atoms with Crippen LogP contribution in [0.4, 0.5) is 17.1 Å². The fraction of sp³-hybridized carbons (Fsp3) is 0. The van der Waals surface area contributed by atoms with Gasteiger partial charge in [0, 0.05) is 42.3 Å². The van der Waals surface area contributed by atoms with E-state index in [0.29, 0.717) is 0 Å². The zero-order chi connectivity index (χ0) is 38.9. The molecule has 0 aliphatic carbocycles. The molecule has 0 bridgehead atoms. The van der Waals surface area contributed by atoms with Crippen LogP contribution in [0.25, 0.3) is 97.0 Å². The summed E-state index contributed by atoms with van der Waals surface area (Å²) in [6.07, 6.45) is 0. The van der Waals surface area contributed by atoms with Crippen molar-refractivity contribution in [3.63, 3.8) is 0 Å². The molecule has 2 nitrogen and oxygen atoms in total. The molecule has 2 heterocycles. The topological polar surface area (TPSA) is 16.4 Å². The first-order valence-corrected chi connectivity index (χ1v) is 20.9. The van der Waals surface area contributed by atoms with Crippen molar-refractivity contribution >= 4 is 92.1 Å². The molecule has 0 radical (unpaired) electrons. The minimum Gasteiger partial charge on any atom is -0.454 e. The van der Waals surface area contributed by atoms with E-state index in [9.17, 15) is 0 Å². The molecule has 59 heavy (non-hydrogen) atoms. The minimum absolute atomic E-state index is 0.857. The van der Waals surface area contributed by atoms with Crippen LogP contribution in [0.15, 0.2) is 217 Å². The lowest BCUT2D eigenvalue weighted by molar-refractivity contribution is 0.669. The third kappa shape index (κ3) is 5.55. The van der Waals surface area contributed by atoms with Crippen LogP contribution in [-0.2, 0) is 0 Å². The lowest BCUT2D eigenvalue weighted by Gasteiger charge is -2.27. The lowest BCUT2D eigenvalue weighted by atomic mass is 9.93. The number of fused-ring (bicyclic) bond motifs is 9. The van der Waals surface area contributed by atoms with Gasteiger partial charge in [0.05, 0.1) is 5.69 Å². The summed E-state index contributed by atoms with van der Waals surface area (Å²) in [4.78, 5) is 2.38. The minimum atomic E-state index is 0.857. The largest absolute Gasteiger partial charge is 0.454 e. The maximum Gasteiger partial charge on any atom is 0.159 e. The van der Waals surface area contributed by atoms with E-state index < -0.39 is 0 Å². The molecule has 0 N–H and O–H groups in total. The summed E-state index contributed by atoms with van der Waals surface area (Å²) in [5.41, 5.74) is 11.9. The lowest BCUT2D eigenvalue weighted by Crippen LogP contribution is -2.10. The third-order valence-corrected chi connectivity index (χ3v) is 13.0. The van der Waals surface area contributed by atoms with Crippen LogP contribution in [0.3, 0.4) is 0 Å². The first kappa shape index (κ1) is 33.7. The van der Waals surface area contributed by atoms with Crippen molar-refractivity contribution in [2.45, 2.75) is 0 Å². The fourth-order valence-corrected chi connectivity index (χ4v) is 10.3. The predicted octanol–water partition coefficient (Wildman–Crippen LogP) is 16.7. The molecule has 0 saturated heterocycles. The summed E-state index contributed by atoms with van der Waals surface area (Å²) >= 11 is 1.86. The van der Waals surface area contributed by atoms with Crippen LogP contribution in [0.1, 0.15) is 0 Å². The summed E-state index contributed by atoms with van der Waals surface area (Å²) in [6, 6.07) is 77.0. The van der Waals surface area contributed by atoms with Gasteiger partial charge in [0.25, 0.3) is 0 Å². The molecule has 0 saturated carbocycles. The molecular weight excluding hydrogens is 735 g/mol. The van der Waals surface area contributed by atoms with Crippen molar-refractivity contribution in [3.8, 4) is 33.4 Å². The maximum absolute atomic E-state index is 6.77. The highest BCUT2D eigenvalue weighted by Crippen LogP contribution is 2.47. The average molecular weight is 770 g/mol. The number of rotatable bonds is 6. The molecule has 0 atom stereocenters. The van der Waals surface area contributed by atoms with Crippen LogP contribution >= 0.6 is 11.3 Å². The van der Waals surface area contributed by atoms with E-state index >= 15 is 0 Å². The summed E-state index contributed by atoms with van der Waals surface area (Å²) < 4.78 is 9.36. The Bertz CT molecular complexity index is 3560. The van der Waals surface area contributed by atoms with Crippen LogP contribution in [0, 0.1) is 0 Å². The number of thiophene rings is 1. The number of hydrogen-bond acceptors (Lipinski definition) is 3. The number of furan rings is 1. The second-order valence-electron chi connectivity index (χ2n) is 15.2. The van der Waals surface area contributed by atoms with E-state index in [1.165, 1.54) is 64.0 Å². The molecular formula is C56H35NOS. The number of hydrogen-bond donors (Lipinski definition) is 0. The van der Waals surface area contributed by atoms with Crippen molar-refractivity contribution in [3.05, 3.63) is 212 Å². The molecule has 0 amide bonds. The van der Waals surface area contributed by atoms with Crippen molar-refractivity contribution in [2.24, 2.45) is 0 Å². The van der Waals surface area contributed by atoms with Gasteiger partial charge in [0.15, 0.2) is 5.58 Å². The Labute approximate surface area is 345 Å². The van der Waals surface area contributed by atoms with E-state index in [0.717, 1.165) is 50.1 Å². The number of anilines is 3. The summed E-state index contributed by atoms with van der Waals surface area (Å²) in [5, 5.41) is 9.81. The summed E-state index contributed by atoms with van der Waals surface area (Å²) in [5.74, 6) is 0. The highest BCUT2D eigenvalue weighted by Gasteiger charge is 2.22. The molecule has 12 aromatic rings. The first-order chi connectivity index (χ1) is 29.2. The Kier molecular flexibility index (Phi) is 7.75. The van der Waals surface area contributed by atoms with Gasteiger partial charge in [-0.15, -0.1) is 11.3 Å². The summed E-state index contributed by atoms with van der Waals surface area (Å²) in [6.45, 7) is 0. The molecule has 0 unspecified atom stereocenters. The van der Waals surface area contributed by atoms with Crippen LogP contribution in [0.5, 0.6) is 0 Å². The van der Waals surface area contributed by atoms with Gasteiger partial charge < -0.3 is 9.32 Å². The Morgan fingerprint density at radius 2 is 1.02 bits per heavy atom. The highest BCUT2D eigenvalue weighted by molar-refractivity contribution is 7.25. The van der Waals surface area contributed by atoms with Gasteiger partial charge in [0.1, 0.15) is 5.58 Å². The van der Waals surface area contributed by atoms with Crippen molar-refractivity contribution in [1.29, 1.82) is 0 Å². The normalized spacial score (nSPS) is 11.7. The molecule has 12 rings (SSSR count). The maximum atomic E-state index is 6.77. The van der Waals surface area contributed by atoms with Crippen molar-refractivity contribution < 1.29 is 4.42 Å². The second-order valence-corrected chi connectivity index (χ2v) is 16.3. The van der Waals surface area contributed by atoms with Gasteiger partial charge in [0.2, 0.25) is 0 Å². The monoisotopic (exact) mass is 769 g/mol. The van der Waals surface area contributed by atoms with E-state index in [2.05, 4.69) is 211 Å². The Hall–Kier alpha value is -7.46. The first-order valence-electron chi connectivity index (χ1n) is 20.1. The zero-order valence-corrected chi connectivity index (χ0v) is 32.8. The highest BCUT2D eigenvalue weighted by atomic mass is 32.1. The predicted molar refractivity (Wildman–Crippen MR) is 253 cm³/mol. The molecule has 0 aliphatic heterocycles. The smallest absolute Gasteiger partial charge is 0.159 e. The van der Waals surface area contributed by atoms with Crippen molar-refractivity contribution in [2.75, 3.05) is 4.90 Å².